The summed E-state index contributed by atoms with van der Waals surface area (Å²) < 4.78 is 10.8. The van der Waals surface area contributed by atoms with E-state index in [4.69, 9.17) is 9.47 Å². The normalized spacial score (nSPS) is 25.0. The number of aliphatic hydroxyl groups is 1. The molecule has 2 fully saturated rings. The number of β-amino-alcohol motifs (C(OH)–C–C–N with tert-alkyl or cyclic N) is 1. The van der Waals surface area contributed by atoms with Gasteiger partial charge < -0.3 is 24.4 Å². The van der Waals surface area contributed by atoms with E-state index in [1.54, 1.807) is 4.90 Å². The maximum absolute atomic E-state index is 12.6. The average molecular weight is 388 g/mol. The lowest BCUT2D eigenvalue weighted by molar-refractivity contribution is -0.136. The van der Waals surface area contributed by atoms with Crippen molar-refractivity contribution in [2.45, 2.75) is 50.5 Å². The van der Waals surface area contributed by atoms with Gasteiger partial charge in [-0.15, -0.1) is 0 Å². The van der Waals surface area contributed by atoms with Crippen LogP contribution in [0, 0.1) is 0 Å². The number of aliphatic hydroxyl groups excluding tert-OH is 1. The summed E-state index contributed by atoms with van der Waals surface area (Å²) in [6.45, 7) is 2.40. The molecule has 3 aliphatic heterocycles. The molecule has 0 saturated carbocycles. The van der Waals surface area contributed by atoms with Crippen molar-refractivity contribution in [1.29, 1.82) is 0 Å². The van der Waals surface area contributed by atoms with Gasteiger partial charge in [-0.2, -0.15) is 0 Å². The van der Waals surface area contributed by atoms with Gasteiger partial charge in [-0.3, -0.25) is 9.59 Å². The summed E-state index contributed by atoms with van der Waals surface area (Å²) in [6, 6.07) is 5.77. The van der Waals surface area contributed by atoms with E-state index in [2.05, 4.69) is 0 Å². The minimum absolute atomic E-state index is 0.0141. The zero-order valence-corrected chi connectivity index (χ0v) is 16.1. The molecule has 4 rings (SSSR count). The molecule has 2 atom stereocenters. The minimum atomic E-state index is -0.613. The quantitative estimate of drug-likeness (QED) is 0.852. The highest BCUT2D eigenvalue weighted by Crippen LogP contribution is 2.37. The van der Waals surface area contributed by atoms with E-state index < -0.39 is 6.10 Å². The number of carbonyl (C=O) groups excluding carboxylic acids is 2. The molecule has 0 bridgehead atoms. The van der Waals surface area contributed by atoms with Crippen molar-refractivity contribution in [3.63, 3.8) is 0 Å². The van der Waals surface area contributed by atoms with Crippen LogP contribution in [0.25, 0.3) is 0 Å². The first-order valence-corrected chi connectivity index (χ1v) is 10.2. The number of amides is 2. The van der Waals surface area contributed by atoms with Crippen LogP contribution in [-0.4, -0.2) is 65.8 Å². The molecule has 7 nitrogen and oxygen atoms in total. The van der Waals surface area contributed by atoms with Crippen LogP contribution >= 0.6 is 0 Å². The smallest absolute Gasteiger partial charge is 0.231 e. The Hall–Kier alpha value is -2.28. The van der Waals surface area contributed by atoms with Gasteiger partial charge in [0.05, 0.1) is 6.10 Å². The fraction of sp³-hybridized carbons (Fsp3) is 0.619. The Morgan fingerprint density at radius 1 is 1.14 bits per heavy atom. The van der Waals surface area contributed by atoms with Crippen LogP contribution in [-0.2, 0) is 9.59 Å². The van der Waals surface area contributed by atoms with Crippen molar-refractivity contribution in [3.05, 3.63) is 23.8 Å². The maximum Gasteiger partial charge on any atom is 0.231 e. The van der Waals surface area contributed by atoms with Crippen LogP contribution < -0.4 is 9.47 Å². The molecule has 7 heteroatoms. The second-order valence-electron chi connectivity index (χ2n) is 7.86. The third-order valence-corrected chi connectivity index (χ3v) is 6.03. The van der Waals surface area contributed by atoms with Gasteiger partial charge in [0.25, 0.3) is 0 Å². The van der Waals surface area contributed by atoms with Crippen molar-refractivity contribution in [2.75, 3.05) is 33.0 Å². The number of rotatable bonds is 4. The van der Waals surface area contributed by atoms with Crippen molar-refractivity contribution >= 4 is 11.8 Å². The van der Waals surface area contributed by atoms with Crippen LogP contribution in [0.2, 0.25) is 0 Å². The molecule has 0 radical (unpaired) electrons. The van der Waals surface area contributed by atoms with Gasteiger partial charge in [-0.1, -0.05) is 12.5 Å². The van der Waals surface area contributed by atoms with Gasteiger partial charge in [-0.25, -0.2) is 0 Å². The number of carbonyl (C=O) groups is 2. The Bertz CT molecular complexity index is 738. The van der Waals surface area contributed by atoms with Crippen molar-refractivity contribution < 1.29 is 24.2 Å². The zero-order valence-electron chi connectivity index (χ0n) is 16.1. The second-order valence-corrected chi connectivity index (χ2v) is 7.86. The van der Waals surface area contributed by atoms with Crippen molar-refractivity contribution in [2.24, 2.45) is 0 Å². The molecule has 152 valence electrons. The maximum atomic E-state index is 12.6. The van der Waals surface area contributed by atoms with Crippen molar-refractivity contribution in [3.8, 4) is 11.5 Å². The van der Waals surface area contributed by atoms with E-state index >= 15 is 0 Å². The van der Waals surface area contributed by atoms with Crippen LogP contribution in [0.1, 0.15) is 50.0 Å². The van der Waals surface area contributed by atoms with E-state index in [1.807, 2.05) is 23.1 Å². The summed E-state index contributed by atoms with van der Waals surface area (Å²) in [5.41, 5.74) is 1.01. The largest absolute Gasteiger partial charge is 0.454 e. The highest BCUT2D eigenvalue weighted by Gasteiger charge is 2.32. The molecule has 1 aromatic carbocycles. The molecule has 0 aliphatic carbocycles. The number of likely N-dealkylation sites (tertiary alicyclic amines) is 2. The molecule has 3 aliphatic rings. The second kappa shape index (κ2) is 8.39. The lowest BCUT2D eigenvalue weighted by Crippen LogP contribution is -2.46. The Morgan fingerprint density at radius 2 is 2.00 bits per heavy atom. The number of ether oxygens (including phenoxy) is 2. The molecule has 3 heterocycles. The molecule has 0 unspecified atom stereocenters. The molecule has 1 N–H and O–H groups in total. The number of piperidine rings is 1. The van der Waals surface area contributed by atoms with Crippen LogP contribution in [0.15, 0.2) is 18.2 Å². The zero-order chi connectivity index (χ0) is 19.5. The van der Waals surface area contributed by atoms with Gasteiger partial charge in [0.2, 0.25) is 18.6 Å². The first-order chi connectivity index (χ1) is 13.6. The minimum Gasteiger partial charge on any atom is -0.454 e. The molecule has 0 aromatic heterocycles. The topological polar surface area (TPSA) is 79.3 Å². The highest BCUT2D eigenvalue weighted by molar-refractivity contribution is 5.79. The van der Waals surface area contributed by atoms with Gasteiger partial charge in [0, 0.05) is 44.9 Å². The predicted molar refractivity (Wildman–Crippen MR) is 102 cm³/mol. The number of fused-ring (bicyclic) bond motifs is 1. The van der Waals surface area contributed by atoms with Gasteiger partial charge in [-0.05, 0) is 37.0 Å². The average Bonchev–Trinajstić information content (AvgIpc) is 3.07. The van der Waals surface area contributed by atoms with Crippen LogP contribution in [0.5, 0.6) is 11.5 Å². The molecule has 1 aromatic rings. The summed E-state index contributed by atoms with van der Waals surface area (Å²) in [5.74, 6) is 1.59. The van der Waals surface area contributed by atoms with E-state index in [0.29, 0.717) is 44.6 Å². The first-order valence-electron chi connectivity index (χ1n) is 10.2. The molecule has 0 spiro atoms. The number of hydrogen-bond donors (Lipinski definition) is 1. The SMILES string of the molecule is O=C1CCCCCN1CCC(=O)N1CC[C@@H](c2ccc3c(c2)OCO3)[C@H](O)C1. The first kappa shape index (κ1) is 19.1. The molecule has 2 amide bonds. The van der Waals surface area contributed by atoms with Crippen molar-refractivity contribution in [1.82, 2.24) is 9.80 Å². The molecule has 28 heavy (non-hydrogen) atoms. The third-order valence-electron chi connectivity index (χ3n) is 6.03. The fourth-order valence-electron chi connectivity index (χ4n) is 4.35. The number of benzene rings is 1. The summed E-state index contributed by atoms with van der Waals surface area (Å²) in [4.78, 5) is 28.2. The Labute approximate surface area is 165 Å². The molecular weight excluding hydrogens is 360 g/mol. The molecular formula is C21H28N2O5. The molecule has 2 saturated heterocycles. The monoisotopic (exact) mass is 388 g/mol. The Balaban J connectivity index is 1.31. The van der Waals surface area contributed by atoms with E-state index in [9.17, 15) is 14.7 Å². The standard InChI is InChI=1S/C21H28N2O5/c24-17-13-23(21(26)8-11-22-9-3-1-2-4-20(22)25)10-7-16(17)15-5-6-18-19(12-15)28-14-27-18/h5-6,12,16-17,24H,1-4,7-11,13-14H2/t16-,17+/m0/s1. The Kier molecular flexibility index (Phi) is 5.71. The van der Waals surface area contributed by atoms with E-state index in [0.717, 1.165) is 37.1 Å². The lowest BCUT2D eigenvalue weighted by Gasteiger charge is -2.36. The number of nitrogens with zero attached hydrogens (tertiary/aromatic N) is 2. The lowest BCUT2D eigenvalue weighted by atomic mass is 9.87. The van der Waals surface area contributed by atoms with Gasteiger partial charge in [0.1, 0.15) is 0 Å². The van der Waals surface area contributed by atoms with E-state index in [1.165, 1.54) is 0 Å². The van der Waals surface area contributed by atoms with Crippen LogP contribution in [0.4, 0.5) is 0 Å². The van der Waals surface area contributed by atoms with Crippen LogP contribution in [0.3, 0.4) is 0 Å². The number of hydrogen-bond acceptors (Lipinski definition) is 5. The van der Waals surface area contributed by atoms with Gasteiger partial charge >= 0.3 is 0 Å². The predicted octanol–water partition coefficient (Wildman–Crippen LogP) is 1.88. The third kappa shape index (κ3) is 4.09. The summed E-state index contributed by atoms with van der Waals surface area (Å²) in [5, 5.41) is 10.7. The van der Waals surface area contributed by atoms with Gasteiger partial charge in [0.15, 0.2) is 11.5 Å². The highest BCUT2D eigenvalue weighted by atomic mass is 16.7. The fourth-order valence-corrected chi connectivity index (χ4v) is 4.35. The summed E-state index contributed by atoms with van der Waals surface area (Å²) >= 11 is 0. The summed E-state index contributed by atoms with van der Waals surface area (Å²) in [6.07, 6.45) is 4.05. The van der Waals surface area contributed by atoms with E-state index in [-0.39, 0.29) is 24.5 Å². The Morgan fingerprint density at radius 3 is 2.86 bits per heavy atom. The summed E-state index contributed by atoms with van der Waals surface area (Å²) in [7, 11) is 0.